The molecular weight excluding hydrogens is 352 g/mol. The molecule has 8 heteroatoms. The Bertz CT molecular complexity index is 616. The summed E-state index contributed by atoms with van der Waals surface area (Å²) in [4.78, 5) is 23.7. The lowest BCUT2D eigenvalue weighted by Crippen LogP contribution is -2.50. The molecule has 1 saturated heterocycles. The quantitative estimate of drug-likeness (QED) is 0.738. The molecule has 0 saturated carbocycles. The lowest BCUT2D eigenvalue weighted by molar-refractivity contribution is -0.123. The van der Waals surface area contributed by atoms with E-state index >= 15 is 0 Å². The Balaban J connectivity index is 0.00000312. The van der Waals surface area contributed by atoms with Gasteiger partial charge in [0.2, 0.25) is 11.8 Å². The van der Waals surface area contributed by atoms with Gasteiger partial charge < -0.3 is 16.0 Å². The molecule has 2 rings (SSSR count). The average Bonchev–Trinajstić information content (AvgIpc) is 2.48. The van der Waals surface area contributed by atoms with Crippen molar-refractivity contribution in [3.05, 3.63) is 35.4 Å². The van der Waals surface area contributed by atoms with Crippen molar-refractivity contribution < 1.29 is 18.4 Å². The maximum atomic E-state index is 14.0. The van der Waals surface area contributed by atoms with Gasteiger partial charge in [0.1, 0.15) is 11.6 Å². The molecule has 3 N–H and O–H groups in total. The maximum Gasteiger partial charge on any atom is 0.222 e. The van der Waals surface area contributed by atoms with Crippen molar-refractivity contribution in [1.29, 1.82) is 0 Å². The molecule has 3 atom stereocenters. The number of nitrogens with one attached hydrogen (secondary N) is 3. The fourth-order valence-electron chi connectivity index (χ4n) is 2.90. The molecule has 1 aromatic carbocycles. The molecule has 3 unspecified atom stereocenters. The number of amides is 2. The molecule has 0 bridgehead atoms. The lowest BCUT2D eigenvalue weighted by atomic mass is 9.94. The van der Waals surface area contributed by atoms with Crippen LogP contribution in [0.25, 0.3) is 0 Å². The highest BCUT2D eigenvalue weighted by molar-refractivity contribution is 5.85. The average molecular weight is 376 g/mol. The first-order valence-corrected chi connectivity index (χ1v) is 8.09. The highest BCUT2D eigenvalue weighted by Gasteiger charge is 2.25. The van der Waals surface area contributed by atoms with E-state index in [1.807, 2.05) is 0 Å². The van der Waals surface area contributed by atoms with E-state index in [2.05, 4.69) is 22.9 Å². The Kier molecular flexibility index (Phi) is 8.25. The second kappa shape index (κ2) is 9.68. The fourth-order valence-corrected chi connectivity index (χ4v) is 2.90. The SMILES string of the molecule is CC(=O)NC(CC(=O)NC1CNCCC1C)c1ccc(F)cc1F.Cl. The van der Waals surface area contributed by atoms with Gasteiger partial charge in [-0.2, -0.15) is 0 Å². The van der Waals surface area contributed by atoms with Gasteiger partial charge in [0.25, 0.3) is 0 Å². The molecule has 1 aromatic rings. The second-order valence-corrected chi connectivity index (χ2v) is 6.27. The van der Waals surface area contributed by atoms with Gasteiger partial charge in [-0.3, -0.25) is 9.59 Å². The minimum absolute atomic E-state index is 0. The second-order valence-electron chi connectivity index (χ2n) is 6.27. The van der Waals surface area contributed by atoms with Crippen molar-refractivity contribution in [1.82, 2.24) is 16.0 Å². The molecule has 25 heavy (non-hydrogen) atoms. The smallest absolute Gasteiger partial charge is 0.222 e. The summed E-state index contributed by atoms with van der Waals surface area (Å²) < 4.78 is 27.1. The number of piperidine rings is 1. The summed E-state index contributed by atoms with van der Waals surface area (Å²) in [6, 6.07) is 2.27. The van der Waals surface area contributed by atoms with Gasteiger partial charge >= 0.3 is 0 Å². The molecule has 140 valence electrons. The Hall–Kier alpha value is -1.73. The van der Waals surface area contributed by atoms with E-state index < -0.39 is 17.7 Å². The van der Waals surface area contributed by atoms with Crippen LogP contribution in [-0.2, 0) is 9.59 Å². The zero-order valence-electron chi connectivity index (χ0n) is 14.3. The highest BCUT2D eigenvalue weighted by Crippen LogP contribution is 2.22. The zero-order valence-corrected chi connectivity index (χ0v) is 15.1. The van der Waals surface area contributed by atoms with Crippen LogP contribution in [0.15, 0.2) is 18.2 Å². The van der Waals surface area contributed by atoms with Crippen molar-refractivity contribution >= 4 is 24.2 Å². The first-order valence-electron chi connectivity index (χ1n) is 8.09. The third-order valence-corrected chi connectivity index (χ3v) is 4.28. The van der Waals surface area contributed by atoms with Crippen molar-refractivity contribution in [2.24, 2.45) is 5.92 Å². The molecule has 1 aliphatic heterocycles. The summed E-state index contributed by atoms with van der Waals surface area (Å²) in [5.41, 5.74) is 0.0940. The Morgan fingerprint density at radius 2 is 2.08 bits per heavy atom. The van der Waals surface area contributed by atoms with Crippen LogP contribution in [-0.4, -0.2) is 30.9 Å². The molecular formula is C17H24ClF2N3O2. The van der Waals surface area contributed by atoms with Gasteiger partial charge in [-0.15, -0.1) is 12.4 Å². The van der Waals surface area contributed by atoms with Crippen LogP contribution >= 0.6 is 12.4 Å². The van der Waals surface area contributed by atoms with E-state index in [0.29, 0.717) is 12.5 Å². The molecule has 0 aromatic heterocycles. The third-order valence-electron chi connectivity index (χ3n) is 4.28. The van der Waals surface area contributed by atoms with Crippen LogP contribution in [0.2, 0.25) is 0 Å². The van der Waals surface area contributed by atoms with Gasteiger partial charge in [0.15, 0.2) is 0 Å². The summed E-state index contributed by atoms with van der Waals surface area (Å²) in [7, 11) is 0. The molecule has 0 aliphatic carbocycles. The molecule has 1 fully saturated rings. The summed E-state index contributed by atoms with van der Waals surface area (Å²) in [6.45, 7) is 4.96. The third kappa shape index (κ3) is 6.25. The topological polar surface area (TPSA) is 70.2 Å². The number of carbonyl (C=O) groups is 2. The summed E-state index contributed by atoms with van der Waals surface area (Å²) in [5.74, 6) is -1.81. The van der Waals surface area contributed by atoms with Crippen molar-refractivity contribution in [2.75, 3.05) is 13.1 Å². The standard InChI is InChI=1S/C17H23F2N3O2.ClH/c1-10-5-6-20-9-16(10)22-17(24)8-15(21-11(2)23)13-4-3-12(18)7-14(13)19;/h3-4,7,10,15-16,20H,5-6,8-9H2,1-2H3,(H,21,23)(H,22,24);1H. The van der Waals surface area contributed by atoms with Gasteiger partial charge in [0.05, 0.1) is 12.5 Å². The number of rotatable bonds is 5. The van der Waals surface area contributed by atoms with Crippen LogP contribution in [0, 0.1) is 17.6 Å². The number of hydrogen-bond acceptors (Lipinski definition) is 3. The Labute approximate surface area is 152 Å². The van der Waals surface area contributed by atoms with Crippen molar-refractivity contribution in [2.45, 2.75) is 38.8 Å². The van der Waals surface area contributed by atoms with E-state index in [1.165, 1.54) is 13.0 Å². The molecule has 0 radical (unpaired) electrons. The fraction of sp³-hybridized carbons (Fsp3) is 0.529. The van der Waals surface area contributed by atoms with Crippen LogP contribution < -0.4 is 16.0 Å². The van der Waals surface area contributed by atoms with Crippen molar-refractivity contribution in [3.63, 3.8) is 0 Å². The van der Waals surface area contributed by atoms with Gasteiger partial charge in [-0.05, 0) is 24.9 Å². The predicted molar refractivity (Wildman–Crippen MR) is 93.4 cm³/mol. The van der Waals surface area contributed by atoms with Gasteiger partial charge in [-0.25, -0.2) is 8.78 Å². The van der Waals surface area contributed by atoms with Crippen LogP contribution in [0.3, 0.4) is 0 Å². The van der Waals surface area contributed by atoms with Gasteiger partial charge in [-0.1, -0.05) is 13.0 Å². The minimum Gasteiger partial charge on any atom is -0.352 e. The van der Waals surface area contributed by atoms with Crippen LogP contribution in [0.4, 0.5) is 8.78 Å². The van der Waals surface area contributed by atoms with E-state index in [1.54, 1.807) is 0 Å². The van der Waals surface area contributed by atoms with Gasteiger partial charge in [0, 0.05) is 31.1 Å². The maximum absolute atomic E-state index is 14.0. The highest BCUT2D eigenvalue weighted by atomic mass is 35.5. The van der Waals surface area contributed by atoms with E-state index in [9.17, 15) is 18.4 Å². The molecule has 1 aliphatic rings. The largest absolute Gasteiger partial charge is 0.352 e. The Morgan fingerprint density at radius 3 is 2.68 bits per heavy atom. The number of carbonyl (C=O) groups excluding carboxylic acids is 2. The number of benzene rings is 1. The van der Waals surface area contributed by atoms with E-state index in [4.69, 9.17) is 0 Å². The van der Waals surface area contributed by atoms with Crippen LogP contribution in [0.5, 0.6) is 0 Å². The first kappa shape index (κ1) is 21.3. The predicted octanol–water partition coefficient (Wildman–Crippen LogP) is 2.07. The first-order chi connectivity index (χ1) is 11.4. The minimum atomic E-state index is -0.838. The van der Waals surface area contributed by atoms with Crippen molar-refractivity contribution in [3.8, 4) is 0 Å². The number of halogens is 3. The van der Waals surface area contributed by atoms with E-state index in [0.717, 1.165) is 25.1 Å². The van der Waals surface area contributed by atoms with E-state index in [-0.39, 0.29) is 42.2 Å². The Morgan fingerprint density at radius 1 is 1.36 bits per heavy atom. The molecule has 5 nitrogen and oxygen atoms in total. The summed E-state index contributed by atoms with van der Waals surface area (Å²) >= 11 is 0. The summed E-state index contributed by atoms with van der Waals surface area (Å²) in [6.07, 6.45) is 0.859. The monoisotopic (exact) mass is 375 g/mol. The summed E-state index contributed by atoms with van der Waals surface area (Å²) in [5, 5.41) is 8.70. The normalized spacial score (nSPS) is 21.0. The molecule has 1 heterocycles. The number of hydrogen-bond donors (Lipinski definition) is 3. The molecule has 2 amide bonds. The zero-order chi connectivity index (χ0) is 17.7. The molecule has 0 spiro atoms. The lowest BCUT2D eigenvalue weighted by Gasteiger charge is -2.31. The van der Waals surface area contributed by atoms with Crippen LogP contribution in [0.1, 0.15) is 38.3 Å².